The van der Waals surface area contributed by atoms with E-state index in [1.165, 1.54) is 78.4 Å². The maximum atomic E-state index is 2.54. The van der Waals surface area contributed by atoms with Gasteiger partial charge in [0.05, 0.1) is 16.8 Å². The highest BCUT2D eigenvalue weighted by atomic mass is 15.2. The van der Waals surface area contributed by atoms with Gasteiger partial charge in [-0.05, 0) is 172 Å². The van der Waals surface area contributed by atoms with Crippen molar-refractivity contribution < 1.29 is 0 Å². The molecule has 0 saturated carbocycles. The summed E-state index contributed by atoms with van der Waals surface area (Å²) in [6.45, 7) is 0. The van der Waals surface area contributed by atoms with E-state index in [4.69, 9.17) is 0 Å². The number of nitrogens with zero attached hydrogens (tertiary/aromatic N) is 3. The summed E-state index contributed by atoms with van der Waals surface area (Å²) >= 11 is 0. The van der Waals surface area contributed by atoms with E-state index in [9.17, 15) is 0 Å². The van der Waals surface area contributed by atoms with Gasteiger partial charge in [0.25, 0.3) is 0 Å². The molecule has 0 fully saturated rings. The van der Waals surface area contributed by atoms with E-state index in [0.717, 1.165) is 54.1 Å². The molecular formula is C67H51N3. The van der Waals surface area contributed by atoms with Gasteiger partial charge in [0.1, 0.15) is 0 Å². The molecule has 4 aliphatic rings. The molecule has 1 heterocycles. The summed E-state index contributed by atoms with van der Waals surface area (Å²) in [7, 11) is 0. The molecule has 13 rings (SSSR count). The largest absolute Gasteiger partial charge is 0.314 e. The lowest BCUT2D eigenvalue weighted by Crippen LogP contribution is -2.36. The molecule has 0 saturated heterocycles. The number of benzene rings is 9. The molecular weight excluding hydrogens is 847 g/mol. The van der Waals surface area contributed by atoms with Crippen molar-refractivity contribution >= 4 is 51.1 Å². The molecule has 0 radical (unpaired) electrons. The summed E-state index contributed by atoms with van der Waals surface area (Å²) in [6.07, 6.45) is 17.7. The van der Waals surface area contributed by atoms with Crippen molar-refractivity contribution in [1.82, 2.24) is 0 Å². The lowest BCUT2D eigenvalue weighted by molar-refractivity contribution is 0.752. The van der Waals surface area contributed by atoms with Gasteiger partial charge in [-0.15, -0.1) is 0 Å². The molecule has 3 aliphatic carbocycles. The maximum Gasteiger partial charge on any atom is 0.0755 e. The van der Waals surface area contributed by atoms with Gasteiger partial charge in [-0.25, -0.2) is 0 Å². The molecule has 70 heavy (non-hydrogen) atoms. The molecule has 0 atom stereocenters. The molecule has 0 bridgehead atoms. The van der Waals surface area contributed by atoms with Crippen molar-refractivity contribution in [2.24, 2.45) is 0 Å². The van der Waals surface area contributed by atoms with Gasteiger partial charge >= 0.3 is 0 Å². The van der Waals surface area contributed by atoms with Gasteiger partial charge in [-0.2, -0.15) is 0 Å². The second-order valence-electron chi connectivity index (χ2n) is 18.7. The lowest BCUT2D eigenvalue weighted by atomic mass is 9.64. The fraction of sp³-hybridized carbons (Fsp3) is 0.0746. The first-order chi connectivity index (χ1) is 34.7. The summed E-state index contributed by atoms with van der Waals surface area (Å²) in [5.74, 6) is 0. The first-order valence-corrected chi connectivity index (χ1v) is 24.7. The third-order valence-corrected chi connectivity index (χ3v) is 14.7. The summed E-state index contributed by atoms with van der Waals surface area (Å²) in [5.41, 5.74) is 22.4. The van der Waals surface area contributed by atoms with Crippen LogP contribution >= 0.6 is 0 Å². The van der Waals surface area contributed by atoms with Crippen molar-refractivity contribution in [3.8, 4) is 22.3 Å². The third-order valence-electron chi connectivity index (χ3n) is 14.7. The summed E-state index contributed by atoms with van der Waals surface area (Å²) in [4.78, 5) is 7.43. The SMILES string of the molecule is C1=CCCC(c2cccc(N(C3=CC=CCC3)c3ccc4c(c3)C3(c5cc(N(c6ccccc6)c6cccc(-c7ccccc7)c6)ccc5-4)c4ccccc4N(c4ccccc4)c4ccccc43)c2)=C1. The van der Waals surface area contributed by atoms with Gasteiger partial charge in [-0.1, -0.05) is 170 Å². The number of para-hydroxylation sites is 4. The molecule has 0 aromatic heterocycles. The minimum atomic E-state index is -0.684. The fourth-order valence-corrected chi connectivity index (χ4v) is 11.7. The minimum absolute atomic E-state index is 0.684. The normalized spacial score (nSPS) is 14.8. The predicted molar refractivity (Wildman–Crippen MR) is 293 cm³/mol. The number of fused-ring (bicyclic) bond motifs is 9. The molecule has 9 aromatic rings. The molecule has 0 unspecified atom stereocenters. The molecule has 1 spiro atoms. The molecule has 0 N–H and O–H groups in total. The highest BCUT2D eigenvalue weighted by Crippen LogP contribution is 2.64. The fourth-order valence-electron chi connectivity index (χ4n) is 11.7. The molecule has 334 valence electrons. The number of allylic oxidation sites excluding steroid dienone is 8. The van der Waals surface area contributed by atoms with Crippen LogP contribution in [0.25, 0.3) is 27.8 Å². The number of hydrogen-bond donors (Lipinski definition) is 0. The van der Waals surface area contributed by atoms with Crippen LogP contribution < -0.4 is 14.7 Å². The van der Waals surface area contributed by atoms with Crippen LogP contribution in [0.2, 0.25) is 0 Å². The van der Waals surface area contributed by atoms with Crippen LogP contribution in [0.1, 0.15) is 53.5 Å². The van der Waals surface area contributed by atoms with Crippen LogP contribution in [0, 0.1) is 0 Å². The Bertz CT molecular complexity index is 3520. The van der Waals surface area contributed by atoms with E-state index in [-0.39, 0.29) is 0 Å². The number of rotatable bonds is 9. The Hall–Kier alpha value is -8.66. The van der Waals surface area contributed by atoms with Crippen LogP contribution in [0.15, 0.2) is 267 Å². The molecule has 3 heteroatoms. The average molecular weight is 898 g/mol. The van der Waals surface area contributed by atoms with Crippen LogP contribution in [0.5, 0.6) is 0 Å². The van der Waals surface area contributed by atoms with E-state index in [2.05, 4.69) is 276 Å². The summed E-state index contributed by atoms with van der Waals surface area (Å²) in [6, 6.07) is 83.4. The van der Waals surface area contributed by atoms with E-state index in [0.29, 0.717) is 0 Å². The van der Waals surface area contributed by atoms with Gasteiger partial charge in [0.15, 0.2) is 0 Å². The van der Waals surface area contributed by atoms with Crippen molar-refractivity contribution in [3.63, 3.8) is 0 Å². The second-order valence-corrected chi connectivity index (χ2v) is 18.7. The average Bonchev–Trinajstić information content (AvgIpc) is 3.72. The minimum Gasteiger partial charge on any atom is -0.314 e. The zero-order valence-electron chi connectivity index (χ0n) is 39.0. The van der Waals surface area contributed by atoms with Gasteiger partial charge in [0.2, 0.25) is 0 Å². The van der Waals surface area contributed by atoms with Gasteiger partial charge in [-0.3, -0.25) is 0 Å². The Morgan fingerprint density at radius 2 is 0.857 bits per heavy atom. The third kappa shape index (κ3) is 6.88. The number of hydrogen-bond acceptors (Lipinski definition) is 3. The van der Waals surface area contributed by atoms with Gasteiger partial charge in [0, 0.05) is 39.8 Å². The molecule has 3 nitrogen and oxygen atoms in total. The Morgan fingerprint density at radius 1 is 0.357 bits per heavy atom. The summed E-state index contributed by atoms with van der Waals surface area (Å²) in [5, 5.41) is 0. The monoisotopic (exact) mass is 897 g/mol. The lowest BCUT2D eigenvalue weighted by Gasteiger charge is -2.45. The van der Waals surface area contributed by atoms with Crippen LogP contribution in [0.4, 0.5) is 45.5 Å². The standard InChI is InChI=1S/C67H51N3/c1-6-22-48(23-7-1)50-26-20-34-55(44-50)68(52-28-10-3-11-29-52)57-40-42-59-60-43-41-58(69(53-30-12-4-13-31-53)56-35-21-27-51(45-56)49-24-8-2-9-25-49)47-64(60)67(63(59)46-57)61-36-16-18-38-65(61)70(54-32-14-5-15-33-54)66-39-19-17-37-62(66)67/h1-8,10-12,14-24,26-30,32-47H,9,13,25,31H2. The smallest absolute Gasteiger partial charge is 0.0755 e. The van der Waals surface area contributed by atoms with Crippen molar-refractivity contribution in [2.75, 3.05) is 14.7 Å². The van der Waals surface area contributed by atoms with E-state index < -0.39 is 5.41 Å². The first kappa shape index (κ1) is 41.5. The van der Waals surface area contributed by atoms with E-state index >= 15 is 0 Å². The van der Waals surface area contributed by atoms with Crippen molar-refractivity contribution in [2.45, 2.75) is 31.1 Å². The Morgan fingerprint density at radius 3 is 1.49 bits per heavy atom. The molecule has 1 aliphatic heterocycles. The van der Waals surface area contributed by atoms with E-state index in [1.807, 2.05) is 0 Å². The van der Waals surface area contributed by atoms with E-state index in [1.54, 1.807) is 0 Å². The molecule has 0 amide bonds. The maximum absolute atomic E-state index is 2.54. The van der Waals surface area contributed by atoms with Gasteiger partial charge < -0.3 is 14.7 Å². The van der Waals surface area contributed by atoms with Crippen LogP contribution in [-0.4, -0.2) is 0 Å². The zero-order chi connectivity index (χ0) is 46.4. The highest BCUT2D eigenvalue weighted by Gasteiger charge is 2.52. The topological polar surface area (TPSA) is 9.72 Å². The molecule has 9 aromatic carbocycles. The first-order valence-electron chi connectivity index (χ1n) is 24.7. The predicted octanol–water partition coefficient (Wildman–Crippen LogP) is 18.1. The second kappa shape index (κ2) is 17.5. The number of anilines is 8. The Balaban J connectivity index is 1.07. The Labute approximate surface area is 411 Å². The van der Waals surface area contributed by atoms with Crippen molar-refractivity contribution in [3.05, 3.63) is 294 Å². The highest BCUT2D eigenvalue weighted by molar-refractivity contribution is 5.98. The summed E-state index contributed by atoms with van der Waals surface area (Å²) < 4.78 is 0. The quantitative estimate of drug-likeness (QED) is 0.143. The Kier molecular flexibility index (Phi) is 10.4. The zero-order valence-corrected chi connectivity index (χ0v) is 39.0. The van der Waals surface area contributed by atoms with Crippen LogP contribution in [-0.2, 0) is 5.41 Å². The van der Waals surface area contributed by atoms with Crippen LogP contribution in [0.3, 0.4) is 0 Å². The van der Waals surface area contributed by atoms with Crippen molar-refractivity contribution in [1.29, 1.82) is 0 Å².